The number of rotatable bonds is 6. The average molecular weight is 387 g/mol. The molecule has 0 spiro atoms. The topological polar surface area (TPSA) is 59.4 Å². The number of aromatic nitrogens is 2. The zero-order valence-corrected chi connectivity index (χ0v) is 17.0. The molecule has 0 radical (unpaired) electrons. The Morgan fingerprint density at radius 3 is 2.75 bits per heavy atom. The van der Waals surface area contributed by atoms with Gasteiger partial charge in [0.05, 0.1) is 19.8 Å². The van der Waals surface area contributed by atoms with Crippen LogP contribution in [0.3, 0.4) is 0 Å². The van der Waals surface area contributed by atoms with Crippen LogP contribution in [0, 0.1) is 5.92 Å². The third kappa shape index (κ3) is 4.33. The first-order valence-corrected chi connectivity index (χ1v) is 11.1. The molecule has 6 nitrogen and oxygen atoms in total. The van der Waals surface area contributed by atoms with E-state index in [1.165, 1.54) is 37.8 Å². The lowest BCUT2D eigenvalue weighted by atomic mass is 9.87. The molecule has 1 saturated heterocycles. The Balaban J connectivity index is 1.47. The van der Waals surface area contributed by atoms with Crippen LogP contribution in [-0.2, 0) is 24.1 Å². The van der Waals surface area contributed by atoms with Gasteiger partial charge in [-0.05, 0) is 44.6 Å². The highest BCUT2D eigenvalue weighted by Gasteiger charge is 2.31. The molecule has 154 valence electrons. The molecule has 1 aromatic rings. The standard InChI is InChI=1S/C22H34N4O2/c1-2-10-26-20-9-8-18(23-16-17-6-4-3-5-7-17)15-19(20)21(24-26)22(27)25-11-13-28-14-12-25/h2,17-18,23H,1,3-16H2/t18-/m1/s1. The van der Waals surface area contributed by atoms with Crippen molar-refractivity contribution in [2.45, 2.75) is 64.0 Å². The highest BCUT2D eigenvalue weighted by molar-refractivity contribution is 5.94. The minimum atomic E-state index is 0.0651. The highest BCUT2D eigenvalue weighted by Crippen LogP contribution is 2.28. The zero-order chi connectivity index (χ0) is 19.3. The van der Waals surface area contributed by atoms with E-state index in [2.05, 4.69) is 11.9 Å². The maximum absolute atomic E-state index is 13.1. The van der Waals surface area contributed by atoms with Crippen molar-refractivity contribution in [3.63, 3.8) is 0 Å². The number of allylic oxidation sites excluding steroid dienone is 1. The number of amides is 1. The van der Waals surface area contributed by atoms with Crippen LogP contribution < -0.4 is 5.32 Å². The molecule has 0 aromatic carbocycles. The zero-order valence-electron chi connectivity index (χ0n) is 17.0. The minimum absolute atomic E-state index is 0.0651. The van der Waals surface area contributed by atoms with Crippen LogP contribution in [0.25, 0.3) is 0 Å². The van der Waals surface area contributed by atoms with Crippen molar-refractivity contribution in [3.05, 3.63) is 29.6 Å². The lowest BCUT2D eigenvalue weighted by molar-refractivity contribution is 0.0297. The first kappa shape index (κ1) is 19.6. The van der Waals surface area contributed by atoms with Crippen LogP contribution in [0.5, 0.6) is 0 Å². The minimum Gasteiger partial charge on any atom is -0.378 e. The van der Waals surface area contributed by atoms with E-state index >= 15 is 0 Å². The van der Waals surface area contributed by atoms with Gasteiger partial charge in [-0.15, -0.1) is 6.58 Å². The second-order valence-electron chi connectivity index (χ2n) is 8.50. The number of ether oxygens (including phenoxy) is 1. The SMILES string of the molecule is C=CCn1nc(C(=O)N2CCOCC2)c2c1CC[C@@H](NCC1CCCCC1)C2. The van der Waals surface area contributed by atoms with Gasteiger partial charge in [-0.2, -0.15) is 5.10 Å². The van der Waals surface area contributed by atoms with Gasteiger partial charge in [0.2, 0.25) is 0 Å². The Labute approximate surface area is 168 Å². The summed E-state index contributed by atoms with van der Waals surface area (Å²) in [5.74, 6) is 0.892. The van der Waals surface area contributed by atoms with E-state index < -0.39 is 0 Å². The predicted octanol–water partition coefficient (Wildman–Crippen LogP) is 2.57. The summed E-state index contributed by atoms with van der Waals surface area (Å²) >= 11 is 0. The monoisotopic (exact) mass is 386 g/mol. The van der Waals surface area contributed by atoms with Crippen molar-refractivity contribution in [1.82, 2.24) is 20.0 Å². The van der Waals surface area contributed by atoms with Crippen molar-refractivity contribution < 1.29 is 9.53 Å². The van der Waals surface area contributed by atoms with Crippen LogP contribution in [-0.4, -0.2) is 59.5 Å². The van der Waals surface area contributed by atoms with Gasteiger partial charge in [-0.3, -0.25) is 9.48 Å². The second kappa shape index (κ2) is 9.23. The molecule has 2 fully saturated rings. The number of nitrogens with one attached hydrogen (secondary N) is 1. The number of morpholine rings is 1. The fourth-order valence-electron chi connectivity index (χ4n) is 4.95. The summed E-state index contributed by atoms with van der Waals surface area (Å²) in [4.78, 5) is 15.0. The van der Waals surface area contributed by atoms with E-state index in [0.717, 1.165) is 37.3 Å². The summed E-state index contributed by atoms with van der Waals surface area (Å²) in [7, 11) is 0. The van der Waals surface area contributed by atoms with Gasteiger partial charge in [-0.1, -0.05) is 25.3 Å². The molecule has 6 heteroatoms. The number of carbonyl (C=O) groups is 1. The number of nitrogens with zero attached hydrogens (tertiary/aromatic N) is 3. The Morgan fingerprint density at radius 1 is 1.21 bits per heavy atom. The quantitative estimate of drug-likeness (QED) is 0.764. The van der Waals surface area contributed by atoms with E-state index in [1.54, 1.807) is 0 Å². The molecule has 0 bridgehead atoms. The number of hydrogen-bond acceptors (Lipinski definition) is 4. The fraction of sp³-hybridized carbons (Fsp3) is 0.727. The van der Waals surface area contributed by atoms with Crippen molar-refractivity contribution in [1.29, 1.82) is 0 Å². The van der Waals surface area contributed by atoms with Gasteiger partial charge in [-0.25, -0.2) is 0 Å². The van der Waals surface area contributed by atoms with Crippen LogP contribution in [0.2, 0.25) is 0 Å². The summed E-state index contributed by atoms with van der Waals surface area (Å²) in [6.45, 7) is 8.20. The molecule has 2 aliphatic carbocycles. The second-order valence-corrected chi connectivity index (χ2v) is 8.50. The Bertz CT molecular complexity index is 687. The van der Waals surface area contributed by atoms with Gasteiger partial charge in [0.15, 0.2) is 5.69 Å². The predicted molar refractivity (Wildman–Crippen MR) is 110 cm³/mol. The van der Waals surface area contributed by atoms with Gasteiger partial charge in [0, 0.05) is 30.4 Å². The third-order valence-corrected chi connectivity index (χ3v) is 6.57. The molecular formula is C22H34N4O2. The largest absolute Gasteiger partial charge is 0.378 e. The Kier molecular flexibility index (Phi) is 6.47. The lowest BCUT2D eigenvalue weighted by Gasteiger charge is -2.29. The molecule has 1 aliphatic heterocycles. The van der Waals surface area contributed by atoms with Gasteiger partial charge >= 0.3 is 0 Å². The van der Waals surface area contributed by atoms with E-state index in [-0.39, 0.29) is 5.91 Å². The fourth-order valence-corrected chi connectivity index (χ4v) is 4.95. The van der Waals surface area contributed by atoms with Crippen molar-refractivity contribution in [2.24, 2.45) is 5.92 Å². The molecule has 4 rings (SSSR count). The molecule has 28 heavy (non-hydrogen) atoms. The Hall–Kier alpha value is -1.66. The van der Waals surface area contributed by atoms with Crippen molar-refractivity contribution >= 4 is 5.91 Å². The summed E-state index contributed by atoms with van der Waals surface area (Å²) in [6.07, 6.45) is 11.8. The molecule has 2 heterocycles. The van der Waals surface area contributed by atoms with Gasteiger partial charge in [0.25, 0.3) is 5.91 Å². The smallest absolute Gasteiger partial charge is 0.274 e. The van der Waals surface area contributed by atoms with E-state index in [1.807, 2.05) is 15.7 Å². The summed E-state index contributed by atoms with van der Waals surface area (Å²) < 4.78 is 7.40. The van der Waals surface area contributed by atoms with Crippen LogP contribution >= 0.6 is 0 Å². The van der Waals surface area contributed by atoms with E-state index in [4.69, 9.17) is 9.84 Å². The van der Waals surface area contributed by atoms with Crippen LogP contribution in [0.15, 0.2) is 12.7 Å². The van der Waals surface area contributed by atoms with Crippen LogP contribution in [0.4, 0.5) is 0 Å². The van der Waals surface area contributed by atoms with Crippen LogP contribution in [0.1, 0.15) is 60.3 Å². The molecule has 0 unspecified atom stereocenters. The van der Waals surface area contributed by atoms with Gasteiger partial charge in [0.1, 0.15) is 0 Å². The third-order valence-electron chi connectivity index (χ3n) is 6.57. The first-order valence-electron chi connectivity index (χ1n) is 11.1. The molecule has 1 atom stereocenters. The summed E-state index contributed by atoms with van der Waals surface area (Å²) in [5, 5.41) is 8.54. The van der Waals surface area contributed by atoms with Crippen molar-refractivity contribution in [2.75, 3.05) is 32.8 Å². The summed E-state index contributed by atoms with van der Waals surface area (Å²) in [5.41, 5.74) is 3.04. The molecule has 3 aliphatic rings. The first-order chi connectivity index (χ1) is 13.8. The number of fused-ring (bicyclic) bond motifs is 1. The molecule has 1 amide bonds. The number of carbonyl (C=O) groups excluding carboxylic acids is 1. The molecule has 1 N–H and O–H groups in total. The highest BCUT2D eigenvalue weighted by atomic mass is 16.5. The Morgan fingerprint density at radius 2 is 2.00 bits per heavy atom. The lowest BCUT2D eigenvalue weighted by Crippen LogP contribution is -2.42. The van der Waals surface area contributed by atoms with E-state index in [9.17, 15) is 4.79 Å². The maximum atomic E-state index is 13.1. The molecule has 1 aromatic heterocycles. The van der Waals surface area contributed by atoms with E-state index in [0.29, 0.717) is 44.6 Å². The molecular weight excluding hydrogens is 352 g/mol. The van der Waals surface area contributed by atoms with Gasteiger partial charge < -0.3 is 15.0 Å². The molecule has 1 saturated carbocycles. The normalized spacial score (nSPS) is 23.4. The van der Waals surface area contributed by atoms with Crippen molar-refractivity contribution in [3.8, 4) is 0 Å². The maximum Gasteiger partial charge on any atom is 0.274 e. The summed E-state index contributed by atoms with van der Waals surface area (Å²) in [6, 6.07) is 0.451. The number of hydrogen-bond donors (Lipinski definition) is 1. The average Bonchev–Trinajstić information content (AvgIpc) is 3.11.